The van der Waals surface area contributed by atoms with Gasteiger partial charge in [-0.05, 0) is 44.1 Å². The summed E-state index contributed by atoms with van der Waals surface area (Å²) in [5.41, 5.74) is 0. The summed E-state index contributed by atoms with van der Waals surface area (Å²) < 4.78 is 39.8. The number of amides is 2. The van der Waals surface area contributed by atoms with E-state index in [-0.39, 0.29) is 25.3 Å². The number of hydrogen-bond acceptors (Lipinski definition) is 4. The summed E-state index contributed by atoms with van der Waals surface area (Å²) in [4.78, 5) is 26.1. The van der Waals surface area contributed by atoms with Crippen LogP contribution in [0.1, 0.15) is 85.0 Å². The highest BCUT2D eigenvalue weighted by molar-refractivity contribution is 5.79. The lowest BCUT2D eigenvalue weighted by Crippen LogP contribution is -2.52. The summed E-state index contributed by atoms with van der Waals surface area (Å²) in [5.74, 6) is -1.82. The number of carbonyl (C=O) groups is 2. The van der Waals surface area contributed by atoms with E-state index >= 15 is 0 Å². The van der Waals surface area contributed by atoms with Crippen LogP contribution in [0.2, 0.25) is 0 Å². The first-order valence-electron chi connectivity index (χ1n) is 13.6. The number of halogens is 3. The molecule has 2 aliphatic rings. The largest absolute Gasteiger partial charge is 0.465 e. The fourth-order valence-electron chi connectivity index (χ4n) is 5.59. The van der Waals surface area contributed by atoms with Crippen molar-refractivity contribution in [3.8, 4) is 0 Å². The van der Waals surface area contributed by atoms with Crippen molar-refractivity contribution in [2.45, 2.75) is 109 Å². The zero-order valence-corrected chi connectivity index (χ0v) is 22.0. The number of nitrogens with zero attached hydrogens (tertiary/aromatic N) is 1. The van der Waals surface area contributed by atoms with Gasteiger partial charge in [-0.1, -0.05) is 59.3 Å². The molecule has 36 heavy (non-hydrogen) atoms. The van der Waals surface area contributed by atoms with Gasteiger partial charge in [0.05, 0.1) is 24.0 Å². The van der Waals surface area contributed by atoms with E-state index in [1.54, 1.807) is 6.92 Å². The summed E-state index contributed by atoms with van der Waals surface area (Å²) in [6.45, 7) is 6.64. The molecule has 0 spiro atoms. The topological polar surface area (TPSA) is 102 Å². The number of carbonyl (C=O) groups excluding carboxylic acids is 1. The van der Waals surface area contributed by atoms with E-state index in [1.165, 1.54) is 6.42 Å². The minimum atomic E-state index is -4.35. The molecule has 2 aliphatic carbocycles. The third kappa shape index (κ3) is 10.1. The minimum absolute atomic E-state index is 0.00901. The Morgan fingerprint density at radius 2 is 1.67 bits per heavy atom. The molecule has 2 unspecified atom stereocenters. The van der Waals surface area contributed by atoms with Gasteiger partial charge in [0.1, 0.15) is 0 Å². The van der Waals surface area contributed by atoms with Crippen LogP contribution in [0, 0.1) is 23.7 Å². The predicted molar refractivity (Wildman–Crippen MR) is 133 cm³/mol. The summed E-state index contributed by atoms with van der Waals surface area (Å²) in [7, 11) is 0. The second-order valence-corrected chi connectivity index (χ2v) is 11.4. The molecule has 0 radical (unpaired) electrons. The van der Waals surface area contributed by atoms with Crippen molar-refractivity contribution in [2.24, 2.45) is 23.7 Å². The zero-order valence-electron chi connectivity index (χ0n) is 22.0. The first-order valence-corrected chi connectivity index (χ1v) is 13.6. The summed E-state index contributed by atoms with van der Waals surface area (Å²) in [6, 6.07) is -1.23. The molecule has 5 atom stereocenters. The lowest BCUT2D eigenvalue weighted by molar-refractivity contribution is -0.186. The Labute approximate surface area is 213 Å². The van der Waals surface area contributed by atoms with Gasteiger partial charge in [-0.15, -0.1) is 0 Å². The molecule has 0 bridgehead atoms. The maximum Gasteiger partial charge on any atom is 0.407 e. The maximum atomic E-state index is 13.3. The van der Waals surface area contributed by atoms with Crippen molar-refractivity contribution in [1.29, 1.82) is 0 Å². The molecular weight excluding hydrogens is 475 g/mol. The minimum Gasteiger partial charge on any atom is -0.465 e. The third-order valence-electron chi connectivity index (χ3n) is 7.72. The lowest BCUT2D eigenvalue weighted by atomic mass is 9.83. The normalized spacial score (nSPS) is 24.2. The molecule has 10 heteroatoms. The van der Waals surface area contributed by atoms with Crippen LogP contribution in [0.15, 0.2) is 0 Å². The standard InChI is InChI=1S/C26H46F3N3O4/c1-17(2)14-30-15-23(33)22(12-19-8-5-4-6-9-19)31-24(34)18(3)16-32(25(35)36)21-11-7-10-20(13-21)26(27,28)29/h17-23,30,33H,4-16H2,1-3H3,(H,31,34)(H,35,36)/t18-,20?,21?,22-,23+/m0/s1. The molecule has 0 aromatic rings. The van der Waals surface area contributed by atoms with Crippen LogP contribution < -0.4 is 10.6 Å². The fraction of sp³-hybridized carbons (Fsp3) is 0.923. The number of alkyl halides is 3. The lowest BCUT2D eigenvalue weighted by Gasteiger charge is -2.38. The van der Waals surface area contributed by atoms with Crippen molar-refractivity contribution in [3.63, 3.8) is 0 Å². The molecule has 2 rings (SSSR count). The Hall–Kier alpha value is -1.55. The number of nitrogens with one attached hydrogen (secondary N) is 2. The van der Waals surface area contributed by atoms with Crippen molar-refractivity contribution in [1.82, 2.24) is 15.5 Å². The van der Waals surface area contributed by atoms with Gasteiger partial charge < -0.3 is 25.7 Å². The van der Waals surface area contributed by atoms with Crippen molar-refractivity contribution in [2.75, 3.05) is 19.6 Å². The average Bonchev–Trinajstić information content (AvgIpc) is 2.81. The van der Waals surface area contributed by atoms with E-state index in [9.17, 15) is 33.0 Å². The van der Waals surface area contributed by atoms with E-state index in [4.69, 9.17) is 0 Å². The van der Waals surface area contributed by atoms with E-state index in [1.807, 2.05) is 0 Å². The van der Waals surface area contributed by atoms with Crippen LogP contribution in [-0.4, -0.2) is 71.1 Å². The number of aliphatic hydroxyl groups is 1. The van der Waals surface area contributed by atoms with Crippen LogP contribution in [0.25, 0.3) is 0 Å². The van der Waals surface area contributed by atoms with Crippen LogP contribution in [-0.2, 0) is 4.79 Å². The van der Waals surface area contributed by atoms with Gasteiger partial charge in [-0.25, -0.2) is 4.79 Å². The molecular formula is C26H46F3N3O4. The smallest absolute Gasteiger partial charge is 0.407 e. The predicted octanol–water partition coefficient (Wildman–Crippen LogP) is 4.79. The first-order chi connectivity index (χ1) is 16.9. The first kappa shape index (κ1) is 30.7. The number of hydrogen-bond donors (Lipinski definition) is 4. The van der Waals surface area contributed by atoms with E-state index in [0.29, 0.717) is 37.6 Å². The number of aliphatic hydroxyl groups excluding tert-OH is 1. The summed E-state index contributed by atoms with van der Waals surface area (Å²) in [5, 5.41) is 26.8. The summed E-state index contributed by atoms with van der Waals surface area (Å²) >= 11 is 0. The maximum absolute atomic E-state index is 13.3. The molecule has 4 N–H and O–H groups in total. The average molecular weight is 522 g/mol. The Balaban J connectivity index is 2.02. The van der Waals surface area contributed by atoms with Crippen LogP contribution >= 0.6 is 0 Å². The molecule has 7 nitrogen and oxygen atoms in total. The Morgan fingerprint density at radius 1 is 1.00 bits per heavy atom. The van der Waals surface area contributed by atoms with E-state index in [2.05, 4.69) is 24.5 Å². The van der Waals surface area contributed by atoms with E-state index < -0.39 is 42.3 Å². The number of rotatable bonds is 12. The molecule has 0 heterocycles. The molecule has 0 saturated heterocycles. The molecule has 210 valence electrons. The SMILES string of the molecule is CC(C)CNC[C@@H](O)[C@H](CC1CCCCC1)NC(=O)[C@@H](C)CN(C(=O)O)C1CCCC(C(F)(F)F)C1. The highest BCUT2D eigenvalue weighted by Gasteiger charge is 2.44. The van der Waals surface area contributed by atoms with Gasteiger partial charge in [-0.2, -0.15) is 13.2 Å². The number of carboxylic acid groups (broad SMARTS) is 1. The second kappa shape index (κ2) is 14.4. The molecule has 0 aliphatic heterocycles. The van der Waals surface area contributed by atoms with Crippen LogP contribution in [0.4, 0.5) is 18.0 Å². The van der Waals surface area contributed by atoms with E-state index in [0.717, 1.165) is 37.1 Å². The van der Waals surface area contributed by atoms with Crippen molar-refractivity contribution < 1.29 is 33.0 Å². The van der Waals surface area contributed by atoms with Gasteiger partial charge in [0.25, 0.3) is 0 Å². The molecule has 0 aromatic carbocycles. The molecule has 2 saturated carbocycles. The highest BCUT2D eigenvalue weighted by Crippen LogP contribution is 2.39. The van der Waals surface area contributed by atoms with Crippen molar-refractivity contribution >= 4 is 12.0 Å². The van der Waals surface area contributed by atoms with Gasteiger partial charge in [-0.3, -0.25) is 4.79 Å². The molecule has 2 fully saturated rings. The van der Waals surface area contributed by atoms with Gasteiger partial charge in [0.2, 0.25) is 5.91 Å². The zero-order chi connectivity index (χ0) is 26.9. The second-order valence-electron chi connectivity index (χ2n) is 11.4. The quantitative estimate of drug-likeness (QED) is 0.296. The molecule has 2 amide bonds. The van der Waals surface area contributed by atoms with Gasteiger partial charge in [0.15, 0.2) is 0 Å². The van der Waals surface area contributed by atoms with Crippen LogP contribution in [0.5, 0.6) is 0 Å². The van der Waals surface area contributed by atoms with Crippen molar-refractivity contribution in [3.05, 3.63) is 0 Å². The van der Waals surface area contributed by atoms with Gasteiger partial charge in [0, 0.05) is 19.1 Å². The van der Waals surface area contributed by atoms with Crippen LogP contribution in [0.3, 0.4) is 0 Å². The summed E-state index contributed by atoms with van der Waals surface area (Å²) in [6.07, 6.45) is 0.201. The Kier molecular flexibility index (Phi) is 12.3. The monoisotopic (exact) mass is 521 g/mol. The molecule has 0 aromatic heterocycles. The third-order valence-corrected chi connectivity index (χ3v) is 7.72. The highest BCUT2D eigenvalue weighted by atomic mass is 19.4. The fourth-order valence-corrected chi connectivity index (χ4v) is 5.59. The Bertz CT molecular complexity index is 686. The van der Waals surface area contributed by atoms with Gasteiger partial charge >= 0.3 is 12.3 Å². The Morgan fingerprint density at radius 3 is 2.25 bits per heavy atom.